The molecule has 0 saturated carbocycles. The Hall–Kier alpha value is -2.94. The summed E-state index contributed by atoms with van der Waals surface area (Å²) in [5.74, 6) is -0.308. The molecule has 9 nitrogen and oxygen atoms in total. The molecule has 10 heteroatoms. The average molecular weight is 377 g/mol. The molecule has 3 rings (SSSR count). The number of aromatic nitrogens is 5. The molecule has 0 aromatic carbocycles. The van der Waals surface area contributed by atoms with Gasteiger partial charge in [0.05, 0.1) is 11.9 Å². The van der Waals surface area contributed by atoms with Crippen LogP contribution in [0.15, 0.2) is 34.2 Å². The van der Waals surface area contributed by atoms with Crippen molar-refractivity contribution in [2.24, 2.45) is 14.1 Å². The summed E-state index contributed by atoms with van der Waals surface area (Å²) in [5, 5.41) is 2.91. The zero-order chi connectivity index (χ0) is 18.8. The number of halogens is 1. The Morgan fingerprint density at radius 1 is 1.23 bits per heavy atom. The molecular formula is C16H17ClN6O3. The molecule has 0 aliphatic rings. The van der Waals surface area contributed by atoms with Crippen LogP contribution in [0.2, 0.25) is 5.15 Å². The third-order valence-corrected chi connectivity index (χ3v) is 4.38. The fourth-order valence-corrected chi connectivity index (χ4v) is 2.87. The van der Waals surface area contributed by atoms with E-state index in [1.54, 1.807) is 23.7 Å². The van der Waals surface area contributed by atoms with Gasteiger partial charge in [-0.1, -0.05) is 11.6 Å². The Morgan fingerprint density at radius 3 is 2.73 bits per heavy atom. The normalized spacial score (nSPS) is 11.0. The average Bonchev–Trinajstić information content (AvgIpc) is 3.06. The Kier molecular flexibility index (Phi) is 4.90. The first kappa shape index (κ1) is 17.9. The summed E-state index contributed by atoms with van der Waals surface area (Å²) in [6.07, 6.45) is 3.60. The molecular weight excluding hydrogens is 360 g/mol. The maximum Gasteiger partial charge on any atom is 0.332 e. The van der Waals surface area contributed by atoms with E-state index in [-0.39, 0.29) is 11.1 Å². The molecule has 0 radical (unpaired) electrons. The lowest BCUT2D eigenvalue weighted by Gasteiger charge is -2.08. The van der Waals surface area contributed by atoms with Crippen LogP contribution in [0.3, 0.4) is 0 Å². The van der Waals surface area contributed by atoms with Gasteiger partial charge in [0.2, 0.25) is 0 Å². The molecule has 0 fully saturated rings. The molecule has 1 amide bonds. The number of nitrogens with zero attached hydrogens (tertiary/aromatic N) is 5. The van der Waals surface area contributed by atoms with E-state index >= 15 is 0 Å². The standard InChI is InChI=1S/C16H17ClN6O3/c1-21-13-11(15(25)22(2)16(21)26)23(9-20-13)8-4-7-19-14(24)10-5-3-6-18-12(10)17/h3,5-6,9H,4,7-8H2,1-2H3,(H,19,24). The van der Waals surface area contributed by atoms with Crippen LogP contribution in [0.25, 0.3) is 11.2 Å². The number of imidazole rings is 1. The number of fused-ring (bicyclic) bond motifs is 1. The summed E-state index contributed by atoms with van der Waals surface area (Å²) < 4.78 is 4.06. The van der Waals surface area contributed by atoms with Gasteiger partial charge in [-0.3, -0.25) is 18.7 Å². The zero-order valence-electron chi connectivity index (χ0n) is 14.3. The predicted octanol–water partition coefficient (Wildman–Crippen LogP) is 0.302. The van der Waals surface area contributed by atoms with E-state index in [0.717, 1.165) is 4.57 Å². The van der Waals surface area contributed by atoms with Crippen LogP contribution >= 0.6 is 11.6 Å². The van der Waals surface area contributed by atoms with Crippen molar-refractivity contribution < 1.29 is 4.79 Å². The third-order valence-electron chi connectivity index (χ3n) is 4.08. The van der Waals surface area contributed by atoms with Crippen LogP contribution in [0.4, 0.5) is 0 Å². The quantitative estimate of drug-likeness (QED) is 0.509. The molecule has 0 aliphatic heterocycles. The number of amides is 1. The highest BCUT2D eigenvalue weighted by Crippen LogP contribution is 2.11. The van der Waals surface area contributed by atoms with E-state index in [4.69, 9.17) is 11.6 Å². The number of hydrogen-bond donors (Lipinski definition) is 1. The molecule has 3 aromatic heterocycles. The minimum absolute atomic E-state index is 0.148. The van der Waals surface area contributed by atoms with E-state index in [2.05, 4.69) is 15.3 Å². The summed E-state index contributed by atoms with van der Waals surface area (Å²) >= 11 is 5.89. The SMILES string of the molecule is Cn1c(=O)c2c(ncn2CCCNC(=O)c2cccnc2Cl)n(C)c1=O. The van der Waals surface area contributed by atoms with Gasteiger partial charge in [0.1, 0.15) is 5.15 Å². The van der Waals surface area contributed by atoms with Gasteiger partial charge in [-0.05, 0) is 18.6 Å². The van der Waals surface area contributed by atoms with Crippen molar-refractivity contribution in [3.8, 4) is 0 Å². The second-order valence-electron chi connectivity index (χ2n) is 5.77. The van der Waals surface area contributed by atoms with E-state index < -0.39 is 11.2 Å². The molecule has 0 atom stereocenters. The zero-order valence-corrected chi connectivity index (χ0v) is 15.0. The topological polar surface area (TPSA) is 104 Å². The number of pyridine rings is 1. The van der Waals surface area contributed by atoms with Crippen molar-refractivity contribution in [3.05, 3.63) is 56.2 Å². The van der Waals surface area contributed by atoms with Crippen molar-refractivity contribution in [2.75, 3.05) is 6.54 Å². The van der Waals surface area contributed by atoms with E-state index in [0.29, 0.717) is 36.2 Å². The molecule has 0 bridgehead atoms. The lowest BCUT2D eigenvalue weighted by atomic mass is 10.2. The molecule has 3 aromatic rings. The van der Waals surface area contributed by atoms with Crippen molar-refractivity contribution >= 4 is 28.7 Å². The Balaban J connectivity index is 1.70. The summed E-state index contributed by atoms with van der Waals surface area (Å²) in [6, 6.07) is 3.23. The molecule has 26 heavy (non-hydrogen) atoms. The molecule has 136 valence electrons. The number of hydrogen-bond acceptors (Lipinski definition) is 5. The molecule has 0 saturated heterocycles. The van der Waals surface area contributed by atoms with Gasteiger partial charge < -0.3 is 9.88 Å². The maximum absolute atomic E-state index is 12.3. The molecule has 1 N–H and O–H groups in total. The first-order valence-corrected chi connectivity index (χ1v) is 8.29. The molecule has 0 aliphatic carbocycles. The van der Waals surface area contributed by atoms with Crippen LogP contribution in [0, 0.1) is 0 Å². The highest BCUT2D eigenvalue weighted by molar-refractivity contribution is 6.32. The van der Waals surface area contributed by atoms with Crippen LogP contribution in [-0.2, 0) is 20.6 Å². The van der Waals surface area contributed by atoms with Crippen LogP contribution in [0.5, 0.6) is 0 Å². The number of nitrogens with one attached hydrogen (secondary N) is 1. The van der Waals surface area contributed by atoms with Gasteiger partial charge in [-0.25, -0.2) is 14.8 Å². The van der Waals surface area contributed by atoms with E-state index in [1.165, 1.54) is 24.1 Å². The molecule has 0 unspecified atom stereocenters. The fourth-order valence-electron chi connectivity index (χ4n) is 2.67. The van der Waals surface area contributed by atoms with Gasteiger partial charge in [0.25, 0.3) is 11.5 Å². The molecule has 0 spiro atoms. The van der Waals surface area contributed by atoms with Crippen molar-refractivity contribution in [1.29, 1.82) is 0 Å². The summed E-state index contributed by atoms with van der Waals surface area (Å²) in [7, 11) is 3.00. The molecule has 3 heterocycles. The van der Waals surface area contributed by atoms with Crippen LogP contribution < -0.4 is 16.6 Å². The first-order valence-electron chi connectivity index (χ1n) is 7.91. The maximum atomic E-state index is 12.3. The summed E-state index contributed by atoms with van der Waals surface area (Å²) in [4.78, 5) is 44.4. The summed E-state index contributed by atoms with van der Waals surface area (Å²) in [6.45, 7) is 0.848. The van der Waals surface area contributed by atoms with E-state index in [1.807, 2.05) is 0 Å². The first-order chi connectivity index (χ1) is 12.4. The summed E-state index contributed by atoms with van der Waals surface area (Å²) in [5.41, 5.74) is 0.187. The number of rotatable bonds is 5. The Labute approximate surface area is 152 Å². The van der Waals surface area contributed by atoms with Gasteiger partial charge in [-0.2, -0.15) is 0 Å². The second kappa shape index (κ2) is 7.12. The number of aryl methyl sites for hydroxylation is 2. The number of carbonyl (C=O) groups excluding carboxylic acids is 1. The highest BCUT2D eigenvalue weighted by Gasteiger charge is 2.14. The minimum atomic E-state index is -0.423. The predicted molar refractivity (Wildman–Crippen MR) is 96.4 cm³/mol. The van der Waals surface area contributed by atoms with Crippen molar-refractivity contribution in [2.45, 2.75) is 13.0 Å². The Morgan fingerprint density at radius 2 is 2.00 bits per heavy atom. The van der Waals surface area contributed by atoms with Crippen molar-refractivity contribution in [1.82, 2.24) is 29.0 Å². The number of carbonyl (C=O) groups is 1. The minimum Gasteiger partial charge on any atom is -0.352 e. The lowest BCUT2D eigenvalue weighted by Crippen LogP contribution is -2.37. The fraction of sp³-hybridized carbons (Fsp3) is 0.312. The van der Waals surface area contributed by atoms with Crippen molar-refractivity contribution in [3.63, 3.8) is 0 Å². The van der Waals surface area contributed by atoms with Gasteiger partial charge in [0, 0.05) is 33.4 Å². The monoisotopic (exact) mass is 376 g/mol. The smallest absolute Gasteiger partial charge is 0.332 e. The van der Waals surface area contributed by atoms with Gasteiger partial charge >= 0.3 is 5.69 Å². The lowest BCUT2D eigenvalue weighted by molar-refractivity contribution is 0.0952. The van der Waals surface area contributed by atoms with E-state index in [9.17, 15) is 14.4 Å². The van der Waals surface area contributed by atoms with Gasteiger partial charge in [-0.15, -0.1) is 0 Å². The highest BCUT2D eigenvalue weighted by atomic mass is 35.5. The second-order valence-corrected chi connectivity index (χ2v) is 6.13. The Bertz CT molecular complexity index is 1100. The van der Waals surface area contributed by atoms with Crippen LogP contribution in [-0.4, -0.2) is 36.1 Å². The van der Waals surface area contributed by atoms with Crippen LogP contribution in [0.1, 0.15) is 16.8 Å². The van der Waals surface area contributed by atoms with Gasteiger partial charge in [0.15, 0.2) is 11.2 Å². The third kappa shape index (κ3) is 3.13. The largest absolute Gasteiger partial charge is 0.352 e.